The summed E-state index contributed by atoms with van der Waals surface area (Å²) in [5.41, 5.74) is 2.06. The van der Waals surface area contributed by atoms with Gasteiger partial charge in [0, 0.05) is 22.8 Å². The average Bonchev–Trinajstić information content (AvgIpc) is 3.51. The van der Waals surface area contributed by atoms with E-state index in [9.17, 15) is 4.79 Å². The summed E-state index contributed by atoms with van der Waals surface area (Å²) >= 11 is 1.69. The molecule has 31 heavy (non-hydrogen) atoms. The Hall–Kier alpha value is -2.70. The van der Waals surface area contributed by atoms with E-state index in [2.05, 4.69) is 34.5 Å². The van der Waals surface area contributed by atoms with Crippen molar-refractivity contribution >= 4 is 17.7 Å². The standard InChI is InChI=1S/C25H28N2O3S/c1-29-21-9-7-8-19(16-21)23(27-13-5-6-14-27)17-26-25(28)24-20(12-15-30-24)18-31-22-10-3-2-4-11-22/h2-4,7-12,15-16,23H,5-6,13-14,17-18H2,1H3,(H,26,28). The van der Waals surface area contributed by atoms with Gasteiger partial charge in [0.25, 0.3) is 5.91 Å². The van der Waals surface area contributed by atoms with E-state index in [-0.39, 0.29) is 11.9 Å². The Kier molecular flexibility index (Phi) is 7.33. The van der Waals surface area contributed by atoms with Gasteiger partial charge in [0.15, 0.2) is 5.76 Å². The van der Waals surface area contributed by atoms with Gasteiger partial charge in [-0.1, -0.05) is 30.3 Å². The van der Waals surface area contributed by atoms with Crippen molar-refractivity contribution < 1.29 is 13.9 Å². The van der Waals surface area contributed by atoms with Gasteiger partial charge in [0.05, 0.1) is 19.4 Å². The first kappa shape index (κ1) is 21.5. The summed E-state index contributed by atoms with van der Waals surface area (Å²) in [7, 11) is 1.68. The first-order valence-corrected chi connectivity index (χ1v) is 11.6. The fourth-order valence-electron chi connectivity index (χ4n) is 3.96. The van der Waals surface area contributed by atoms with Gasteiger partial charge in [0.2, 0.25) is 0 Å². The van der Waals surface area contributed by atoms with E-state index in [1.165, 1.54) is 17.7 Å². The zero-order valence-corrected chi connectivity index (χ0v) is 18.6. The molecular weight excluding hydrogens is 408 g/mol. The average molecular weight is 437 g/mol. The van der Waals surface area contributed by atoms with Crippen LogP contribution in [-0.2, 0) is 5.75 Å². The normalized spacial score (nSPS) is 15.0. The topological polar surface area (TPSA) is 54.7 Å². The fraction of sp³-hybridized carbons (Fsp3) is 0.320. The molecule has 1 N–H and O–H groups in total. The van der Waals surface area contributed by atoms with Gasteiger partial charge >= 0.3 is 0 Å². The van der Waals surface area contributed by atoms with Gasteiger partial charge in [-0.05, 0) is 61.8 Å². The minimum absolute atomic E-state index is 0.110. The zero-order chi connectivity index (χ0) is 21.5. The quantitative estimate of drug-likeness (QED) is 0.470. The third kappa shape index (κ3) is 5.51. The predicted octanol–water partition coefficient (Wildman–Crippen LogP) is 5.15. The number of carbonyl (C=O) groups excluding carboxylic acids is 1. The molecule has 1 saturated heterocycles. The number of benzene rings is 2. The van der Waals surface area contributed by atoms with Crippen LogP contribution in [0.3, 0.4) is 0 Å². The molecule has 0 aliphatic carbocycles. The van der Waals surface area contributed by atoms with Gasteiger partial charge in [-0.2, -0.15) is 0 Å². The summed E-state index contributed by atoms with van der Waals surface area (Å²) in [6.07, 6.45) is 3.97. The van der Waals surface area contributed by atoms with E-state index >= 15 is 0 Å². The van der Waals surface area contributed by atoms with E-state index < -0.39 is 0 Å². The Labute approximate surface area is 187 Å². The van der Waals surface area contributed by atoms with Crippen LogP contribution in [0.4, 0.5) is 0 Å². The number of ether oxygens (including phenoxy) is 1. The van der Waals surface area contributed by atoms with Crippen LogP contribution in [-0.4, -0.2) is 37.6 Å². The molecular formula is C25H28N2O3S. The summed E-state index contributed by atoms with van der Waals surface area (Å²) in [6.45, 7) is 2.60. The van der Waals surface area contributed by atoms with Crippen LogP contribution in [0.15, 0.2) is 76.2 Å². The SMILES string of the molecule is COc1cccc(C(CNC(=O)c2occc2CSc2ccccc2)N2CCCC2)c1. The lowest BCUT2D eigenvalue weighted by Crippen LogP contribution is -2.37. The molecule has 5 nitrogen and oxygen atoms in total. The van der Waals surface area contributed by atoms with Crippen molar-refractivity contribution in [3.05, 3.63) is 83.8 Å². The lowest BCUT2D eigenvalue weighted by Gasteiger charge is -2.28. The highest BCUT2D eigenvalue weighted by Gasteiger charge is 2.25. The number of carbonyl (C=O) groups is 1. The first-order chi connectivity index (χ1) is 15.2. The lowest BCUT2D eigenvalue weighted by molar-refractivity contribution is 0.0909. The third-order valence-corrected chi connectivity index (χ3v) is 6.67. The molecule has 0 spiro atoms. The predicted molar refractivity (Wildman–Crippen MR) is 124 cm³/mol. The van der Waals surface area contributed by atoms with Gasteiger partial charge in [-0.3, -0.25) is 9.69 Å². The highest BCUT2D eigenvalue weighted by molar-refractivity contribution is 7.98. The highest BCUT2D eigenvalue weighted by atomic mass is 32.2. The number of hydrogen-bond acceptors (Lipinski definition) is 5. The Bertz CT molecular complexity index is 983. The molecule has 0 bridgehead atoms. The fourth-order valence-corrected chi connectivity index (χ4v) is 4.85. The molecule has 2 heterocycles. The van der Waals surface area contributed by atoms with E-state index in [1.54, 1.807) is 25.1 Å². The van der Waals surface area contributed by atoms with Crippen LogP contribution in [0.1, 0.15) is 40.6 Å². The Morgan fingerprint density at radius 2 is 1.94 bits per heavy atom. The maximum absolute atomic E-state index is 13.0. The van der Waals surface area contributed by atoms with Crippen LogP contribution in [0.25, 0.3) is 0 Å². The third-order valence-electron chi connectivity index (χ3n) is 5.61. The molecule has 1 aliphatic rings. The maximum Gasteiger partial charge on any atom is 0.287 e. The molecule has 1 amide bonds. The summed E-state index contributed by atoms with van der Waals surface area (Å²) in [6, 6.07) is 20.3. The number of rotatable bonds is 9. The summed E-state index contributed by atoms with van der Waals surface area (Å²) in [5, 5.41) is 3.11. The van der Waals surface area contributed by atoms with Crippen LogP contribution >= 0.6 is 11.8 Å². The van der Waals surface area contributed by atoms with E-state index in [0.29, 0.717) is 18.1 Å². The van der Waals surface area contributed by atoms with Crippen LogP contribution in [0.5, 0.6) is 5.75 Å². The van der Waals surface area contributed by atoms with Crippen molar-refractivity contribution in [1.29, 1.82) is 0 Å². The van der Waals surface area contributed by atoms with Crippen molar-refractivity contribution in [2.24, 2.45) is 0 Å². The second kappa shape index (κ2) is 10.6. The van der Waals surface area contributed by atoms with Crippen LogP contribution < -0.4 is 10.1 Å². The number of amides is 1. The lowest BCUT2D eigenvalue weighted by atomic mass is 10.0. The molecule has 1 aliphatic heterocycles. The van der Waals surface area contributed by atoms with Gasteiger partial charge in [-0.25, -0.2) is 0 Å². The Morgan fingerprint density at radius 3 is 2.71 bits per heavy atom. The van der Waals surface area contributed by atoms with E-state index in [1.807, 2.05) is 36.4 Å². The van der Waals surface area contributed by atoms with Crippen molar-refractivity contribution in [3.8, 4) is 5.75 Å². The number of thioether (sulfide) groups is 1. The molecule has 0 radical (unpaired) electrons. The first-order valence-electron chi connectivity index (χ1n) is 10.6. The summed E-state index contributed by atoms with van der Waals surface area (Å²) < 4.78 is 11.0. The van der Waals surface area contributed by atoms with Gasteiger partial charge in [-0.15, -0.1) is 11.8 Å². The molecule has 1 aromatic heterocycles. The molecule has 1 fully saturated rings. The molecule has 3 aromatic rings. The van der Waals surface area contributed by atoms with Crippen molar-refractivity contribution in [3.63, 3.8) is 0 Å². The largest absolute Gasteiger partial charge is 0.497 e. The summed E-state index contributed by atoms with van der Waals surface area (Å²) in [4.78, 5) is 16.6. The molecule has 2 aromatic carbocycles. The minimum Gasteiger partial charge on any atom is -0.497 e. The smallest absolute Gasteiger partial charge is 0.287 e. The number of nitrogens with one attached hydrogen (secondary N) is 1. The maximum atomic E-state index is 13.0. The van der Waals surface area contributed by atoms with Crippen molar-refractivity contribution in [2.45, 2.75) is 29.5 Å². The Morgan fingerprint density at radius 1 is 1.13 bits per heavy atom. The molecule has 0 saturated carbocycles. The van der Waals surface area contributed by atoms with Crippen LogP contribution in [0, 0.1) is 0 Å². The van der Waals surface area contributed by atoms with Gasteiger partial charge in [0.1, 0.15) is 5.75 Å². The van der Waals surface area contributed by atoms with E-state index in [0.717, 1.165) is 30.0 Å². The zero-order valence-electron chi connectivity index (χ0n) is 17.8. The Balaban J connectivity index is 1.43. The van der Waals surface area contributed by atoms with Crippen molar-refractivity contribution in [1.82, 2.24) is 10.2 Å². The van der Waals surface area contributed by atoms with Crippen molar-refractivity contribution in [2.75, 3.05) is 26.7 Å². The minimum atomic E-state index is -0.166. The highest BCUT2D eigenvalue weighted by Crippen LogP contribution is 2.28. The van der Waals surface area contributed by atoms with Gasteiger partial charge < -0.3 is 14.5 Å². The second-order valence-electron chi connectivity index (χ2n) is 7.62. The molecule has 6 heteroatoms. The molecule has 1 atom stereocenters. The second-order valence-corrected chi connectivity index (χ2v) is 8.67. The molecule has 162 valence electrons. The molecule has 1 unspecified atom stereocenters. The van der Waals surface area contributed by atoms with Crippen LogP contribution in [0.2, 0.25) is 0 Å². The number of nitrogens with zero attached hydrogens (tertiary/aromatic N) is 1. The number of furan rings is 1. The molecule has 4 rings (SSSR count). The number of likely N-dealkylation sites (tertiary alicyclic amines) is 1. The van der Waals surface area contributed by atoms with E-state index in [4.69, 9.17) is 9.15 Å². The monoisotopic (exact) mass is 436 g/mol. The number of methoxy groups -OCH3 is 1. The summed E-state index contributed by atoms with van der Waals surface area (Å²) in [5.74, 6) is 1.75. The number of hydrogen-bond donors (Lipinski definition) is 1.